The predicted octanol–water partition coefficient (Wildman–Crippen LogP) is 3.54. The van der Waals surface area contributed by atoms with Crippen LogP contribution in [0.15, 0.2) is 53.7 Å². The third-order valence-corrected chi connectivity index (χ3v) is 5.55. The Bertz CT molecular complexity index is 1060. The van der Waals surface area contributed by atoms with Crippen molar-refractivity contribution < 1.29 is 28.2 Å². The summed E-state index contributed by atoms with van der Waals surface area (Å²) in [5, 5.41) is 5.60. The first-order valence-electron chi connectivity index (χ1n) is 11.1. The van der Waals surface area contributed by atoms with Gasteiger partial charge in [0.15, 0.2) is 11.6 Å². The number of methoxy groups -OCH3 is 2. The van der Waals surface area contributed by atoms with Gasteiger partial charge in [-0.2, -0.15) is 0 Å². The standard InChI is InChI=1S/C25H30FN3O5/c1-5-29(14-16-7-12-21(33-4)19(26)13-16)15-20-22(24(30)34-6-2)23(28-25(31)27-20)17-8-10-18(32-3)11-9-17/h7-13,23H,5-6,14-15H2,1-4H3,(H2,27,28,31). The molecule has 0 spiro atoms. The Balaban J connectivity index is 1.94. The molecule has 1 unspecified atom stereocenters. The molecule has 0 saturated heterocycles. The van der Waals surface area contributed by atoms with Gasteiger partial charge < -0.3 is 24.8 Å². The van der Waals surface area contributed by atoms with Crippen molar-refractivity contribution in [1.82, 2.24) is 15.5 Å². The Morgan fingerprint density at radius 1 is 1.06 bits per heavy atom. The second-order valence-electron chi connectivity index (χ2n) is 7.69. The molecule has 9 heteroatoms. The fourth-order valence-corrected chi connectivity index (χ4v) is 3.81. The molecular weight excluding hydrogens is 441 g/mol. The topological polar surface area (TPSA) is 89.1 Å². The van der Waals surface area contributed by atoms with E-state index in [4.69, 9.17) is 14.2 Å². The number of hydrogen-bond donors (Lipinski definition) is 2. The molecule has 34 heavy (non-hydrogen) atoms. The van der Waals surface area contributed by atoms with Crippen molar-refractivity contribution in [2.24, 2.45) is 0 Å². The molecule has 1 aliphatic rings. The van der Waals surface area contributed by atoms with E-state index in [1.165, 1.54) is 13.2 Å². The summed E-state index contributed by atoms with van der Waals surface area (Å²) in [5.74, 6) is -0.128. The molecule has 2 N–H and O–H groups in total. The van der Waals surface area contributed by atoms with Gasteiger partial charge in [-0.15, -0.1) is 0 Å². The lowest BCUT2D eigenvalue weighted by Crippen LogP contribution is -2.48. The molecule has 1 atom stereocenters. The van der Waals surface area contributed by atoms with E-state index in [1.807, 2.05) is 11.8 Å². The molecule has 0 saturated carbocycles. The van der Waals surface area contributed by atoms with E-state index in [0.717, 1.165) is 11.1 Å². The van der Waals surface area contributed by atoms with Gasteiger partial charge in [0.1, 0.15) is 5.75 Å². The number of ether oxygens (including phenoxy) is 3. The maximum Gasteiger partial charge on any atom is 0.338 e. The Morgan fingerprint density at radius 3 is 2.38 bits per heavy atom. The zero-order chi connectivity index (χ0) is 24.7. The molecule has 0 bridgehead atoms. The number of carbonyl (C=O) groups is 2. The maximum atomic E-state index is 14.2. The molecule has 0 radical (unpaired) electrons. The smallest absolute Gasteiger partial charge is 0.338 e. The van der Waals surface area contributed by atoms with Crippen LogP contribution in [-0.2, 0) is 16.1 Å². The summed E-state index contributed by atoms with van der Waals surface area (Å²) in [6.07, 6.45) is 0. The minimum Gasteiger partial charge on any atom is -0.497 e. The van der Waals surface area contributed by atoms with Gasteiger partial charge in [-0.3, -0.25) is 4.90 Å². The van der Waals surface area contributed by atoms with E-state index in [9.17, 15) is 14.0 Å². The van der Waals surface area contributed by atoms with Gasteiger partial charge in [-0.25, -0.2) is 14.0 Å². The lowest BCUT2D eigenvalue weighted by Gasteiger charge is -2.32. The number of nitrogens with one attached hydrogen (secondary N) is 2. The molecule has 0 aliphatic carbocycles. The summed E-state index contributed by atoms with van der Waals surface area (Å²) >= 11 is 0. The summed E-state index contributed by atoms with van der Waals surface area (Å²) in [7, 11) is 2.98. The highest BCUT2D eigenvalue weighted by molar-refractivity contribution is 5.95. The van der Waals surface area contributed by atoms with Crippen LogP contribution in [0, 0.1) is 5.82 Å². The molecule has 3 rings (SSSR count). The highest BCUT2D eigenvalue weighted by Crippen LogP contribution is 2.29. The van der Waals surface area contributed by atoms with Crippen LogP contribution in [0.25, 0.3) is 0 Å². The molecule has 1 aliphatic heterocycles. The van der Waals surface area contributed by atoms with Crippen molar-refractivity contribution in [2.45, 2.75) is 26.4 Å². The van der Waals surface area contributed by atoms with Gasteiger partial charge in [-0.1, -0.05) is 25.1 Å². The molecule has 0 fully saturated rings. The van der Waals surface area contributed by atoms with Crippen molar-refractivity contribution in [3.8, 4) is 11.5 Å². The quantitative estimate of drug-likeness (QED) is 0.516. The molecule has 1 heterocycles. The molecular formula is C25H30FN3O5. The summed E-state index contributed by atoms with van der Waals surface area (Å²) < 4.78 is 29.7. The fourth-order valence-electron chi connectivity index (χ4n) is 3.81. The minimum absolute atomic E-state index is 0.173. The van der Waals surface area contributed by atoms with Gasteiger partial charge >= 0.3 is 12.0 Å². The molecule has 182 valence electrons. The normalized spacial score (nSPS) is 15.6. The number of likely N-dealkylation sites (N-methyl/N-ethyl adjacent to an activating group) is 1. The van der Waals surface area contributed by atoms with Crippen LogP contribution in [0.3, 0.4) is 0 Å². The SMILES string of the molecule is CCOC(=O)C1=C(CN(CC)Cc2ccc(OC)c(F)c2)NC(=O)NC1c1ccc(OC)cc1. The Kier molecular flexibility index (Phi) is 8.48. The van der Waals surface area contributed by atoms with E-state index in [0.29, 0.717) is 30.1 Å². The van der Waals surface area contributed by atoms with Crippen LogP contribution in [0.2, 0.25) is 0 Å². The number of esters is 1. The molecule has 2 aromatic carbocycles. The first-order chi connectivity index (χ1) is 16.4. The highest BCUT2D eigenvalue weighted by Gasteiger charge is 2.34. The van der Waals surface area contributed by atoms with Crippen molar-refractivity contribution in [2.75, 3.05) is 33.9 Å². The largest absolute Gasteiger partial charge is 0.497 e. The maximum absolute atomic E-state index is 14.2. The average molecular weight is 472 g/mol. The number of hydrogen-bond acceptors (Lipinski definition) is 6. The van der Waals surface area contributed by atoms with E-state index >= 15 is 0 Å². The Hall–Kier alpha value is -3.59. The van der Waals surface area contributed by atoms with Crippen molar-refractivity contribution >= 4 is 12.0 Å². The number of urea groups is 1. The van der Waals surface area contributed by atoms with Gasteiger partial charge in [0.05, 0.1) is 32.4 Å². The highest BCUT2D eigenvalue weighted by atomic mass is 19.1. The number of halogens is 1. The van der Waals surface area contributed by atoms with Crippen molar-refractivity contribution in [3.05, 3.63) is 70.7 Å². The number of nitrogens with zero attached hydrogens (tertiary/aromatic N) is 1. The van der Waals surface area contributed by atoms with Crippen molar-refractivity contribution in [3.63, 3.8) is 0 Å². The third-order valence-electron chi connectivity index (χ3n) is 5.55. The van der Waals surface area contributed by atoms with Gasteiger partial charge in [0.25, 0.3) is 0 Å². The lowest BCUT2D eigenvalue weighted by atomic mass is 9.94. The number of carbonyl (C=O) groups excluding carboxylic acids is 2. The Morgan fingerprint density at radius 2 is 1.79 bits per heavy atom. The van der Waals surface area contributed by atoms with Gasteiger partial charge in [0.2, 0.25) is 0 Å². The average Bonchev–Trinajstić information content (AvgIpc) is 2.83. The summed E-state index contributed by atoms with van der Waals surface area (Å²) in [6, 6.07) is 10.8. The summed E-state index contributed by atoms with van der Waals surface area (Å²) in [5.41, 5.74) is 2.23. The van der Waals surface area contributed by atoms with E-state index < -0.39 is 23.9 Å². The van der Waals surface area contributed by atoms with Crippen LogP contribution in [-0.4, -0.2) is 50.8 Å². The first kappa shape index (κ1) is 25.0. The zero-order valence-corrected chi connectivity index (χ0v) is 19.8. The molecule has 8 nitrogen and oxygen atoms in total. The minimum atomic E-state index is -0.689. The van der Waals surface area contributed by atoms with Crippen LogP contribution in [0.1, 0.15) is 31.0 Å². The first-order valence-corrected chi connectivity index (χ1v) is 11.1. The Labute approximate surface area is 198 Å². The summed E-state index contributed by atoms with van der Waals surface area (Å²) in [6.45, 7) is 5.15. The number of amides is 2. The van der Waals surface area contributed by atoms with E-state index in [2.05, 4.69) is 10.6 Å². The molecule has 0 aromatic heterocycles. The molecule has 2 amide bonds. The third kappa shape index (κ3) is 5.85. The number of rotatable bonds is 10. The monoisotopic (exact) mass is 471 g/mol. The van der Waals surface area contributed by atoms with Crippen LogP contribution in [0.5, 0.6) is 11.5 Å². The fraction of sp³-hybridized carbons (Fsp3) is 0.360. The zero-order valence-electron chi connectivity index (χ0n) is 19.8. The van der Waals surface area contributed by atoms with Crippen LogP contribution < -0.4 is 20.1 Å². The lowest BCUT2D eigenvalue weighted by molar-refractivity contribution is -0.139. The van der Waals surface area contributed by atoms with Crippen LogP contribution >= 0.6 is 0 Å². The van der Waals surface area contributed by atoms with Gasteiger partial charge in [0, 0.05) is 18.8 Å². The summed E-state index contributed by atoms with van der Waals surface area (Å²) in [4.78, 5) is 27.5. The van der Waals surface area contributed by atoms with E-state index in [1.54, 1.807) is 50.4 Å². The van der Waals surface area contributed by atoms with Crippen LogP contribution in [0.4, 0.5) is 9.18 Å². The number of benzene rings is 2. The van der Waals surface area contributed by atoms with Gasteiger partial charge in [-0.05, 0) is 48.9 Å². The predicted molar refractivity (Wildman–Crippen MR) is 125 cm³/mol. The van der Waals surface area contributed by atoms with E-state index in [-0.39, 0.29) is 18.9 Å². The second-order valence-corrected chi connectivity index (χ2v) is 7.69. The van der Waals surface area contributed by atoms with Crippen molar-refractivity contribution in [1.29, 1.82) is 0 Å². The molecule has 2 aromatic rings. The second kappa shape index (κ2) is 11.5.